The second-order valence-electron chi connectivity index (χ2n) is 4.95. The number of aromatic hydroxyl groups is 1. The molecule has 1 aliphatic heterocycles. The van der Waals surface area contributed by atoms with Gasteiger partial charge in [-0.25, -0.2) is 0 Å². The first-order valence-electron chi connectivity index (χ1n) is 7.32. The van der Waals surface area contributed by atoms with E-state index >= 15 is 0 Å². The number of phenolic OH excluding ortho intramolecular Hbond substituents is 1. The maximum atomic E-state index is 12.4. The number of nitrogens with zero attached hydrogens (tertiary/aromatic N) is 1. The van der Waals surface area contributed by atoms with Crippen molar-refractivity contribution in [3.05, 3.63) is 33.1 Å². The van der Waals surface area contributed by atoms with Crippen molar-refractivity contribution < 1.29 is 19.4 Å². The van der Waals surface area contributed by atoms with Gasteiger partial charge in [-0.2, -0.15) is 0 Å². The number of benzene rings is 1. The van der Waals surface area contributed by atoms with Crippen LogP contribution in [-0.2, 0) is 14.3 Å². The molecule has 1 aliphatic rings. The largest absolute Gasteiger partial charge is 0.507 e. The monoisotopic (exact) mass is 429 g/mol. The van der Waals surface area contributed by atoms with Crippen LogP contribution in [0.25, 0.3) is 6.08 Å². The van der Waals surface area contributed by atoms with Gasteiger partial charge in [0.1, 0.15) is 10.1 Å². The van der Waals surface area contributed by atoms with Crippen LogP contribution in [0.15, 0.2) is 27.6 Å². The Morgan fingerprint density at radius 3 is 2.92 bits per heavy atom. The van der Waals surface area contributed by atoms with Crippen molar-refractivity contribution in [1.82, 2.24) is 4.90 Å². The summed E-state index contributed by atoms with van der Waals surface area (Å²) >= 11 is 9.72. The van der Waals surface area contributed by atoms with Crippen LogP contribution < -0.4 is 0 Å². The molecule has 1 heterocycles. The lowest BCUT2D eigenvalue weighted by Crippen LogP contribution is -2.29. The van der Waals surface area contributed by atoms with E-state index in [-0.39, 0.29) is 24.0 Å². The summed E-state index contributed by atoms with van der Waals surface area (Å²) in [6, 6.07) is 4.99. The number of thiocarbonyl (C=S) groups is 1. The molecule has 0 saturated carbocycles. The van der Waals surface area contributed by atoms with E-state index in [1.54, 1.807) is 31.2 Å². The van der Waals surface area contributed by atoms with Gasteiger partial charge in [0.2, 0.25) is 0 Å². The van der Waals surface area contributed by atoms with Crippen molar-refractivity contribution in [3.8, 4) is 5.75 Å². The second kappa shape index (κ2) is 8.64. The number of carbonyl (C=O) groups excluding carboxylic acids is 2. The molecule has 128 valence electrons. The zero-order chi connectivity index (χ0) is 17.7. The van der Waals surface area contributed by atoms with Crippen LogP contribution in [0.2, 0.25) is 0 Å². The Labute approximate surface area is 158 Å². The fourth-order valence-electron chi connectivity index (χ4n) is 2.07. The maximum absolute atomic E-state index is 12.4. The van der Waals surface area contributed by atoms with E-state index in [1.165, 1.54) is 16.7 Å². The highest BCUT2D eigenvalue weighted by Gasteiger charge is 2.31. The van der Waals surface area contributed by atoms with E-state index in [9.17, 15) is 14.7 Å². The summed E-state index contributed by atoms with van der Waals surface area (Å²) in [6.45, 7) is 2.50. The van der Waals surface area contributed by atoms with Gasteiger partial charge in [0.15, 0.2) is 0 Å². The van der Waals surface area contributed by atoms with E-state index in [0.717, 1.165) is 5.56 Å². The summed E-state index contributed by atoms with van der Waals surface area (Å²) in [7, 11) is 0. The number of hydrogen-bond donors (Lipinski definition) is 1. The summed E-state index contributed by atoms with van der Waals surface area (Å²) in [5.41, 5.74) is 0.784. The fraction of sp³-hybridized carbons (Fsp3) is 0.312. The number of esters is 1. The third-order valence-electron chi connectivity index (χ3n) is 3.21. The van der Waals surface area contributed by atoms with E-state index in [4.69, 9.17) is 17.0 Å². The summed E-state index contributed by atoms with van der Waals surface area (Å²) < 4.78 is 5.90. The Morgan fingerprint density at radius 1 is 1.50 bits per heavy atom. The number of carbonyl (C=O) groups is 2. The van der Waals surface area contributed by atoms with Crippen LogP contribution >= 0.6 is 39.9 Å². The standard InChI is InChI=1S/C16H16BrNO4S2/c1-2-22-14(20)4-3-7-18-15(21)13(24-16(18)23)9-10-5-6-12(19)11(17)8-10/h5-6,8-9,19H,2-4,7H2,1H3/b13-9+. The van der Waals surface area contributed by atoms with E-state index < -0.39 is 0 Å². The van der Waals surface area contributed by atoms with Crippen molar-refractivity contribution in [1.29, 1.82) is 0 Å². The molecular formula is C16H16BrNO4S2. The lowest BCUT2D eigenvalue weighted by atomic mass is 10.2. The molecule has 1 fully saturated rings. The van der Waals surface area contributed by atoms with Gasteiger partial charge in [0.05, 0.1) is 16.0 Å². The van der Waals surface area contributed by atoms with E-state index in [2.05, 4.69) is 15.9 Å². The van der Waals surface area contributed by atoms with Gasteiger partial charge in [-0.3, -0.25) is 14.5 Å². The lowest BCUT2D eigenvalue weighted by molar-refractivity contribution is -0.143. The zero-order valence-corrected chi connectivity index (χ0v) is 16.2. The van der Waals surface area contributed by atoms with Crippen LogP contribution in [0.1, 0.15) is 25.3 Å². The highest BCUT2D eigenvalue weighted by molar-refractivity contribution is 9.10. The molecule has 0 aliphatic carbocycles. The molecule has 5 nitrogen and oxygen atoms in total. The number of ether oxygens (including phenoxy) is 1. The Balaban J connectivity index is 2.01. The minimum atomic E-state index is -0.271. The van der Waals surface area contributed by atoms with Crippen LogP contribution in [0, 0.1) is 0 Å². The highest BCUT2D eigenvalue weighted by atomic mass is 79.9. The molecular weight excluding hydrogens is 414 g/mol. The summed E-state index contributed by atoms with van der Waals surface area (Å²) in [5.74, 6) is -0.302. The molecule has 0 aromatic heterocycles. The third kappa shape index (κ3) is 4.81. The minimum absolute atomic E-state index is 0.138. The average molecular weight is 430 g/mol. The average Bonchev–Trinajstić information content (AvgIpc) is 2.78. The molecule has 1 amide bonds. The predicted octanol–water partition coefficient (Wildman–Crippen LogP) is 3.70. The number of hydrogen-bond acceptors (Lipinski definition) is 6. The van der Waals surface area contributed by atoms with Crippen LogP contribution in [0.4, 0.5) is 0 Å². The van der Waals surface area contributed by atoms with Gasteiger partial charge in [-0.15, -0.1) is 0 Å². The van der Waals surface area contributed by atoms with Crippen LogP contribution in [-0.4, -0.2) is 39.4 Å². The van der Waals surface area contributed by atoms with Gasteiger partial charge in [0, 0.05) is 13.0 Å². The van der Waals surface area contributed by atoms with Crippen molar-refractivity contribution in [2.45, 2.75) is 19.8 Å². The smallest absolute Gasteiger partial charge is 0.305 e. The SMILES string of the molecule is CCOC(=O)CCCN1C(=O)/C(=C\c2ccc(O)c(Br)c2)SC1=S. The van der Waals surface area contributed by atoms with Crippen molar-refractivity contribution in [2.75, 3.05) is 13.2 Å². The van der Waals surface area contributed by atoms with Gasteiger partial charge in [0.25, 0.3) is 5.91 Å². The normalized spacial score (nSPS) is 16.1. The predicted molar refractivity (Wildman–Crippen MR) is 102 cm³/mol. The Kier molecular flexibility index (Phi) is 6.82. The molecule has 1 aromatic rings. The summed E-state index contributed by atoms with van der Waals surface area (Å²) in [6.07, 6.45) is 2.49. The third-order valence-corrected chi connectivity index (χ3v) is 5.22. The molecule has 0 spiro atoms. The molecule has 0 atom stereocenters. The number of thioether (sulfide) groups is 1. The molecule has 24 heavy (non-hydrogen) atoms. The second-order valence-corrected chi connectivity index (χ2v) is 7.48. The Morgan fingerprint density at radius 2 is 2.25 bits per heavy atom. The quantitative estimate of drug-likeness (QED) is 0.422. The molecule has 1 saturated heterocycles. The molecule has 8 heteroatoms. The lowest BCUT2D eigenvalue weighted by Gasteiger charge is -2.13. The number of amides is 1. The van der Waals surface area contributed by atoms with E-state index in [0.29, 0.717) is 33.3 Å². The topological polar surface area (TPSA) is 66.8 Å². The fourth-order valence-corrected chi connectivity index (χ4v) is 3.78. The molecule has 1 aromatic carbocycles. The number of halogens is 1. The first kappa shape index (κ1) is 19.0. The van der Waals surface area contributed by atoms with Crippen molar-refractivity contribution in [3.63, 3.8) is 0 Å². The zero-order valence-electron chi connectivity index (χ0n) is 13.0. The minimum Gasteiger partial charge on any atom is -0.507 e. The van der Waals surface area contributed by atoms with Gasteiger partial charge in [-0.1, -0.05) is 30.0 Å². The molecule has 0 bridgehead atoms. The van der Waals surface area contributed by atoms with Crippen LogP contribution in [0.3, 0.4) is 0 Å². The maximum Gasteiger partial charge on any atom is 0.305 e. The molecule has 1 N–H and O–H groups in total. The van der Waals surface area contributed by atoms with Gasteiger partial charge in [-0.05, 0) is 53.0 Å². The van der Waals surface area contributed by atoms with Gasteiger partial charge < -0.3 is 9.84 Å². The Hall–Kier alpha value is -1.38. The molecule has 0 unspecified atom stereocenters. The van der Waals surface area contributed by atoms with E-state index in [1.807, 2.05) is 0 Å². The Bertz CT molecular complexity index is 705. The summed E-state index contributed by atoms with van der Waals surface area (Å²) in [5, 5.41) is 9.51. The molecule has 0 radical (unpaired) electrons. The number of phenols is 1. The first-order chi connectivity index (χ1) is 11.4. The van der Waals surface area contributed by atoms with Crippen molar-refractivity contribution in [2.24, 2.45) is 0 Å². The van der Waals surface area contributed by atoms with Gasteiger partial charge >= 0.3 is 5.97 Å². The van der Waals surface area contributed by atoms with Crippen LogP contribution in [0.5, 0.6) is 5.75 Å². The molecule has 2 rings (SSSR count). The number of rotatable bonds is 6. The van der Waals surface area contributed by atoms with Crippen molar-refractivity contribution >= 4 is 62.2 Å². The summed E-state index contributed by atoms with van der Waals surface area (Å²) in [4.78, 5) is 25.8. The first-order valence-corrected chi connectivity index (χ1v) is 9.33. The highest BCUT2D eigenvalue weighted by Crippen LogP contribution is 2.34.